The summed E-state index contributed by atoms with van der Waals surface area (Å²) < 4.78 is 26.9. The van der Waals surface area contributed by atoms with Crippen LogP contribution in [0.4, 0.5) is 11.5 Å². The SMILES string of the molecule is O=S(=O)(Nc1ccc(NCc2cccnc2)cn1)c1ccccc1. The van der Waals surface area contributed by atoms with Crippen molar-refractivity contribution in [3.05, 3.63) is 78.8 Å². The van der Waals surface area contributed by atoms with Crippen LogP contribution in [0, 0.1) is 0 Å². The number of hydrogen-bond acceptors (Lipinski definition) is 5. The molecule has 2 heterocycles. The number of pyridine rings is 2. The van der Waals surface area contributed by atoms with Gasteiger partial charge in [0.15, 0.2) is 0 Å². The van der Waals surface area contributed by atoms with E-state index < -0.39 is 10.0 Å². The maximum Gasteiger partial charge on any atom is 0.263 e. The zero-order chi connectivity index (χ0) is 16.8. The number of anilines is 2. The van der Waals surface area contributed by atoms with Crippen LogP contribution in [0.15, 0.2) is 78.1 Å². The molecule has 0 bridgehead atoms. The first kappa shape index (κ1) is 15.9. The van der Waals surface area contributed by atoms with Crippen molar-refractivity contribution >= 4 is 21.5 Å². The molecule has 24 heavy (non-hydrogen) atoms. The van der Waals surface area contributed by atoms with Crippen LogP contribution in [0.25, 0.3) is 0 Å². The number of hydrogen-bond donors (Lipinski definition) is 2. The van der Waals surface area contributed by atoms with E-state index in [1.807, 2.05) is 12.1 Å². The van der Waals surface area contributed by atoms with E-state index in [0.29, 0.717) is 6.54 Å². The van der Waals surface area contributed by atoms with Gasteiger partial charge in [-0.15, -0.1) is 0 Å². The lowest BCUT2D eigenvalue weighted by Crippen LogP contribution is -2.13. The predicted molar refractivity (Wildman–Crippen MR) is 93.1 cm³/mol. The third kappa shape index (κ3) is 4.08. The number of rotatable bonds is 6. The number of aromatic nitrogens is 2. The molecule has 0 saturated heterocycles. The summed E-state index contributed by atoms with van der Waals surface area (Å²) in [5.74, 6) is 0.269. The Bertz CT molecular complexity index is 883. The average molecular weight is 340 g/mol. The minimum atomic E-state index is -3.62. The first-order valence-corrected chi connectivity index (χ1v) is 8.78. The Morgan fingerprint density at radius 2 is 1.75 bits per heavy atom. The van der Waals surface area contributed by atoms with Gasteiger partial charge in [-0.25, -0.2) is 13.4 Å². The van der Waals surface area contributed by atoms with Gasteiger partial charge >= 0.3 is 0 Å². The van der Waals surface area contributed by atoms with Crippen LogP contribution < -0.4 is 10.0 Å². The monoisotopic (exact) mass is 340 g/mol. The maximum atomic E-state index is 12.2. The van der Waals surface area contributed by atoms with Crippen molar-refractivity contribution in [1.29, 1.82) is 0 Å². The highest BCUT2D eigenvalue weighted by molar-refractivity contribution is 7.92. The van der Waals surface area contributed by atoms with Crippen molar-refractivity contribution in [2.24, 2.45) is 0 Å². The number of benzene rings is 1. The second kappa shape index (κ2) is 7.10. The van der Waals surface area contributed by atoms with Crippen LogP contribution in [0.5, 0.6) is 0 Å². The highest BCUT2D eigenvalue weighted by Gasteiger charge is 2.13. The fourth-order valence-corrected chi connectivity index (χ4v) is 3.09. The van der Waals surface area contributed by atoms with Gasteiger partial charge < -0.3 is 5.32 Å². The average Bonchev–Trinajstić information content (AvgIpc) is 2.62. The van der Waals surface area contributed by atoms with E-state index in [1.54, 1.807) is 48.9 Å². The molecule has 7 heteroatoms. The van der Waals surface area contributed by atoms with E-state index in [4.69, 9.17) is 0 Å². The summed E-state index contributed by atoms with van der Waals surface area (Å²) >= 11 is 0. The largest absolute Gasteiger partial charge is 0.380 e. The summed E-state index contributed by atoms with van der Waals surface area (Å²) in [6.45, 7) is 0.616. The van der Waals surface area contributed by atoms with Gasteiger partial charge in [0.05, 0.1) is 16.8 Å². The molecule has 0 radical (unpaired) electrons. The molecule has 2 N–H and O–H groups in total. The molecule has 2 aromatic heterocycles. The third-order valence-electron chi connectivity index (χ3n) is 3.28. The molecule has 3 aromatic rings. The first-order valence-electron chi connectivity index (χ1n) is 7.30. The third-order valence-corrected chi connectivity index (χ3v) is 4.65. The Morgan fingerprint density at radius 3 is 2.42 bits per heavy atom. The minimum Gasteiger partial charge on any atom is -0.380 e. The van der Waals surface area contributed by atoms with Crippen LogP contribution in [0.1, 0.15) is 5.56 Å². The van der Waals surface area contributed by atoms with Gasteiger partial charge in [-0.1, -0.05) is 24.3 Å². The van der Waals surface area contributed by atoms with Crippen LogP contribution in [-0.2, 0) is 16.6 Å². The molecular weight excluding hydrogens is 324 g/mol. The molecule has 6 nitrogen and oxygen atoms in total. The molecule has 1 aromatic carbocycles. The fourth-order valence-electron chi connectivity index (χ4n) is 2.06. The summed E-state index contributed by atoms with van der Waals surface area (Å²) in [7, 11) is -3.62. The van der Waals surface area contributed by atoms with E-state index in [-0.39, 0.29) is 10.7 Å². The van der Waals surface area contributed by atoms with Gasteiger partial charge in [-0.05, 0) is 35.9 Å². The lowest BCUT2D eigenvalue weighted by Gasteiger charge is -2.09. The van der Waals surface area contributed by atoms with Gasteiger partial charge in [0, 0.05) is 18.9 Å². The molecule has 0 fully saturated rings. The Hall–Kier alpha value is -2.93. The van der Waals surface area contributed by atoms with E-state index in [2.05, 4.69) is 20.0 Å². The van der Waals surface area contributed by atoms with E-state index in [1.165, 1.54) is 12.1 Å². The summed E-state index contributed by atoms with van der Waals surface area (Å²) in [5.41, 5.74) is 1.84. The Balaban J connectivity index is 1.64. The highest BCUT2D eigenvalue weighted by Crippen LogP contribution is 2.16. The Kier molecular flexibility index (Phi) is 4.72. The molecule has 0 unspecified atom stereocenters. The van der Waals surface area contributed by atoms with Crippen LogP contribution in [0.2, 0.25) is 0 Å². The lowest BCUT2D eigenvalue weighted by molar-refractivity contribution is 0.601. The zero-order valence-corrected chi connectivity index (χ0v) is 13.6. The molecule has 0 spiro atoms. The summed E-state index contributed by atoms with van der Waals surface area (Å²) in [4.78, 5) is 8.38. The molecule has 0 aliphatic rings. The fraction of sp³-hybridized carbons (Fsp3) is 0.0588. The maximum absolute atomic E-state index is 12.2. The lowest BCUT2D eigenvalue weighted by atomic mass is 10.3. The van der Waals surface area contributed by atoms with Gasteiger partial charge in [0.1, 0.15) is 5.82 Å². The summed E-state index contributed by atoms with van der Waals surface area (Å²) in [5, 5.41) is 3.20. The molecule has 3 rings (SSSR count). The minimum absolute atomic E-state index is 0.200. The van der Waals surface area contributed by atoms with Crippen LogP contribution in [-0.4, -0.2) is 18.4 Å². The second-order valence-corrected chi connectivity index (χ2v) is 6.75. The van der Waals surface area contributed by atoms with E-state index >= 15 is 0 Å². The van der Waals surface area contributed by atoms with Gasteiger partial charge in [0.25, 0.3) is 10.0 Å². The van der Waals surface area contributed by atoms with Crippen molar-refractivity contribution < 1.29 is 8.42 Å². The van der Waals surface area contributed by atoms with Gasteiger partial charge in [0.2, 0.25) is 0 Å². The topological polar surface area (TPSA) is 84.0 Å². The highest BCUT2D eigenvalue weighted by atomic mass is 32.2. The quantitative estimate of drug-likeness (QED) is 0.721. The molecule has 0 atom stereocenters. The number of nitrogens with one attached hydrogen (secondary N) is 2. The smallest absolute Gasteiger partial charge is 0.263 e. The molecule has 0 amide bonds. The van der Waals surface area contributed by atoms with Crippen molar-refractivity contribution in [3.8, 4) is 0 Å². The molecular formula is C17H16N4O2S. The normalized spacial score (nSPS) is 11.0. The van der Waals surface area contributed by atoms with Crippen molar-refractivity contribution in [3.63, 3.8) is 0 Å². The summed E-state index contributed by atoms with van der Waals surface area (Å²) in [6, 6.07) is 15.4. The zero-order valence-electron chi connectivity index (χ0n) is 12.8. The standard InChI is InChI=1S/C17H16N4O2S/c22-24(23,16-6-2-1-3-7-16)21-17-9-8-15(13-20-17)19-12-14-5-4-10-18-11-14/h1-11,13,19H,12H2,(H,20,21). The Morgan fingerprint density at radius 1 is 0.917 bits per heavy atom. The van der Waals surface area contributed by atoms with E-state index in [9.17, 15) is 8.42 Å². The predicted octanol–water partition coefficient (Wildman–Crippen LogP) is 2.89. The molecule has 122 valence electrons. The van der Waals surface area contributed by atoms with E-state index in [0.717, 1.165) is 11.3 Å². The molecule has 0 aliphatic heterocycles. The number of nitrogens with zero attached hydrogens (tertiary/aromatic N) is 2. The van der Waals surface area contributed by atoms with Crippen molar-refractivity contribution in [1.82, 2.24) is 9.97 Å². The molecule has 0 aliphatic carbocycles. The van der Waals surface area contributed by atoms with Gasteiger partial charge in [-0.3, -0.25) is 9.71 Å². The van der Waals surface area contributed by atoms with Crippen molar-refractivity contribution in [2.45, 2.75) is 11.4 Å². The molecule has 0 saturated carbocycles. The Labute approximate surface area is 140 Å². The van der Waals surface area contributed by atoms with Crippen molar-refractivity contribution in [2.75, 3.05) is 10.0 Å². The second-order valence-electron chi connectivity index (χ2n) is 5.07. The summed E-state index contributed by atoms with van der Waals surface area (Å²) in [6.07, 6.45) is 5.08. The van der Waals surface area contributed by atoms with Crippen LogP contribution in [0.3, 0.4) is 0 Å². The van der Waals surface area contributed by atoms with Crippen LogP contribution >= 0.6 is 0 Å². The van der Waals surface area contributed by atoms with Gasteiger partial charge in [-0.2, -0.15) is 0 Å². The first-order chi connectivity index (χ1) is 11.6. The number of sulfonamides is 1.